The van der Waals surface area contributed by atoms with Gasteiger partial charge in [-0.15, -0.1) is 0 Å². The average Bonchev–Trinajstić information content (AvgIpc) is 3.26. The SMILES string of the molecule is O=C(c1ccccc1)N1CCC2(CC1)CCN(c1ccsc1)C2=O. The van der Waals surface area contributed by atoms with Crippen molar-refractivity contribution in [3.05, 3.63) is 52.7 Å². The normalized spacial score (nSPS) is 19.9. The number of benzene rings is 1. The number of nitrogens with zero attached hydrogens (tertiary/aromatic N) is 2. The van der Waals surface area contributed by atoms with E-state index >= 15 is 0 Å². The molecule has 1 aromatic heterocycles. The lowest BCUT2D eigenvalue weighted by molar-refractivity contribution is -0.127. The lowest BCUT2D eigenvalue weighted by atomic mass is 9.77. The standard InChI is InChI=1S/C19H20N2O2S/c22-17(15-4-2-1-3-5-15)20-10-7-19(8-11-20)9-12-21(18(19)23)16-6-13-24-14-16/h1-6,13-14H,7-12H2. The second-order valence-electron chi connectivity index (χ2n) is 6.63. The van der Waals surface area contributed by atoms with Gasteiger partial charge in [0.1, 0.15) is 0 Å². The van der Waals surface area contributed by atoms with Crippen LogP contribution in [0, 0.1) is 5.41 Å². The lowest BCUT2D eigenvalue weighted by Gasteiger charge is -2.38. The Bertz CT molecular complexity index is 734. The molecule has 0 unspecified atom stereocenters. The highest BCUT2D eigenvalue weighted by Gasteiger charge is 2.49. The van der Waals surface area contributed by atoms with Crippen LogP contribution < -0.4 is 4.90 Å². The van der Waals surface area contributed by atoms with Crippen molar-refractivity contribution in [1.29, 1.82) is 0 Å². The predicted octanol–water partition coefficient (Wildman–Crippen LogP) is 3.41. The van der Waals surface area contributed by atoms with Gasteiger partial charge in [0.05, 0.1) is 11.1 Å². The first-order chi connectivity index (χ1) is 11.7. The molecule has 124 valence electrons. The summed E-state index contributed by atoms with van der Waals surface area (Å²) in [6, 6.07) is 11.4. The molecule has 2 amide bonds. The lowest BCUT2D eigenvalue weighted by Crippen LogP contribution is -2.46. The first-order valence-electron chi connectivity index (χ1n) is 8.38. The number of hydrogen-bond acceptors (Lipinski definition) is 3. The van der Waals surface area contributed by atoms with Crippen LogP contribution in [0.3, 0.4) is 0 Å². The van der Waals surface area contributed by atoms with E-state index in [2.05, 4.69) is 0 Å². The van der Waals surface area contributed by atoms with E-state index in [9.17, 15) is 9.59 Å². The van der Waals surface area contributed by atoms with E-state index < -0.39 is 0 Å². The summed E-state index contributed by atoms with van der Waals surface area (Å²) < 4.78 is 0. The van der Waals surface area contributed by atoms with Gasteiger partial charge in [0, 0.05) is 30.6 Å². The Labute approximate surface area is 145 Å². The molecule has 5 heteroatoms. The first-order valence-corrected chi connectivity index (χ1v) is 9.32. The maximum atomic E-state index is 13.0. The summed E-state index contributed by atoms with van der Waals surface area (Å²) >= 11 is 1.62. The number of thiophene rings is 1. The summed E-state index contributed by atoms with van der Waals surface area (Å²) in [5.41, 5.74) is 1.48. The van der Waals surface area contributed by atoms with Crippen molar-refractivity contribution in [3.63, 3.8) is 0 Å². The largest absolute Gasteiger partial charge is 0.339 e. The third-order valence-corrected chi connectivity index (χ3v) is 6.03. The molecule has 4 rings (SSSR count). The van der Waals surface area contributed by atoms with E-state index in [1.165, 1.54) is 0 Å². The van der Waals surface area contributed by atoms with Crippen LogP contribution in [0.25, 0.3) is 0 Å². The highest BCUT2D eigenvalue weighted by Crippen LogP contribution is 2.43. The van der Waals surface area contributed by atoms with E-state index in [1.54, 1.807) is 11.3 Å². The van der Waals surface area contributed by atoms with Crippen molar-refractivity contribution in [2.45, 2.75) is 19.3 Å². The van der Waals surface area contributed by atoms with E-state index in [-0.39, 0.29) is 17.2 Å². The van der Waals surface area contributed by atoms with E-state index in [0.29, 0.717) is 13.1 Å². The number of piperidine rings is 1. The zero-order chi connectivity index (χ0) is 16.6. The van der Waals surface area contributed by atoms with Gasteiger partial charge in [-0.2, -0.15) is 11.3 Å². The van der Waals surface area contributed by atoms with E-state index in [1.807, 2.05) is 57.0 Å². The van der Waals surface area contributed by atoms with Gasteiger partial charge in [0.15, 0.2) is 0 Å². The monoisotopic (exact) mass is 340 g/mol. The van der Waals surface area contributed by atoms with Crippen molar-refractivity contribution in [2.24, 2.45) is 5.41 Å². The van der Waals surface area contributed by atoms with Gasteiger partial charge in [-0.1, -0.05) is 18.2 Å². The molecule has 0 radical (unpaired) electrons. The van der Waals surface area contributed by atoms with Crippen molar-refractivity contribution >= 4 is 28.8 Å². The molecule has 0 bridgehead atoms. The molecule has 0 saturated carbocycles. The Morgan fingerprint density at radius 2 is 1.71 bits per heavy atom. The van der Waals surface area contributed by atoms with Gasteiger partial charge in [0.25, 0.3) is 5.91 Å². The summed E-state index contributed by atoms with van der Waals surface area (Å²) in [7, 11) is 0. The molecule has 1 spiro atoms. The van der Waals surface area contributed by atoms with Gasteiger partial charge < -0.3 is 9.80 Å². The minimum absolute atomic E-state index is 0.0746. The Morgan fingerprint density at radius 1 is 1.00 bits per heavy atom. The van der Waals surface area contributed by atoms with Gasteiger partial charge in [0.2, 0.25) is 5.91 Å². The minimum Gasteiger partial charge on any atom is -0.339 e. The first kappa shape index (κ1) is 15.4. The number of anilines is 1. The van der Waals surface area contributed by atoms with E-state index in [0.717, 1.165) is 37.1 Å². The topological polar surface area (TPSA) is 40.6 Å². The van der Waals surface area contributed by atoms with Crippen LogP contribution in [0.2, 0.25) is 0 Å². The van der Waals surface area contributed by atoms with Crippen LogP contribution in [0.4, 0.5) is 5.69 Å². The molecule has 2 aliphatic heterocycles. The molecule has 1 aromatic carbocycles. The fourth-order valence-corrected chi connectivity index (χ4v) is 4.48. The maximum Gasteiger partial charge on any atom is 0.253 e. The van der Waals surface area contributed by atoms with Gasteiger partial charge in [-0.3, -0.25) is 9.59 Å². The second kappa shape index (κ2) is 6.06. The number of amides is 2. The molecular weight excluding hydrogens is 320 g/mol. The maximum absolute atomic E-state index is 13.0. The second-order valence-corrected chi connectivity index (χ2v) is 7.41. The average molecular weight is 340 g/mol. The molecule has 0 N–H and O–H groups in total. The molecular formula is C19H20N2O2S. The molecule has 0 aliphatic carbocycles. The predicted molar refractivity (Wildman–Crippen MR) is 95.3 cm³/mol. The molecule has 24 heavy (non-hydrogen) atoms. The quantitative estimate of drug-likeness (QED) is 0.841. The van der Waals surface area contributed by atoms with Gasteiger partial charge in [-0.25, -0.2) is 0 Å². The van der Waals surface area contributed by atoms with Crippen LogP contribution in [0.15, 0.2) is 47.2 Å². The number of hydrogen-bond donors (Lipinski definition) is 0. The molecule has 2 aliphatic rings. The smallest absolute Gasteiger partial charge is 0.253 e. The summed E-state index contributed by atoms with van der Waals surface area (Å²) in [6.07, 6.45) is 2.44. The summed E-state index contributed by atoms with van der Waals surface area (Å²) in [5, 5.41) is 4.04. The van der Waals surface area contributed by atoms with Crippen molar-refractivity contribution in [3.8, 4) is 0 Å². The van der Waals surface area contributed by atoms with Gasteiger partial charge in [-0.05, 0) is 42.8 Å². The molecule has 3 heterocycles. The Kier molecular flexibility index (Phi) is 3.88. The van der Waals surface area contributed by atoms with E-state index in [4.69, 9.17) is 0 Å². The highest BCUT2D eigenvalue weighted by molar-refractivity contribution is 7.08. The molecule has 2 aromatic rings. The fraction of sp³-hybridized carbons (Fsp3) is 0.368. The highest BCUT2D eigenvalue weighted by atomic mass is 32.1. The zero-order valence-corrected chi connectivity index (χ0v) is 14.3. The van der Waals surface area contributed by atoms with Crippen molar-refractivity contribution in [2.75, 3.05) is 24.5 Å². The van der Waals surface area contributed by atoms with Crippen LogP contribution in [-0.2, 0) is 4.79 Å². The van der Waals surface area contributed by atoms with Crippen LogP contribution in [0.5, 0.6) is 0 Å². The van der Waals surface area contributed by atoms with Crippen LogP contribution in [0.1, 0.15) is 29.6 Å². The molecule has 2 saturated heterocycles. The van der Waals surface area contributed by atoms with Crippen LogP contribution in [-0.4, -0.2) is 36.3 Å². The Morgan fingerprint density at radius 3 is 2.38 bits per heavy atom. The number of rotatable bonds is 2. The summed E-state index contributed by atoms with van der Waals surface area (Å²) in [6.45, 7) is 2.12. The third kappa shape index (κ3) is 2.53. The van der Waals surface area contributed by atoms with Crippen molar-refractivity contribution in [1.82, 2.24) is 4.90 Å². The zero-order valence-electron chi connectivity index (χ0n) is 13.5. The number of likely N-dealkylation sites (tertiary alicyclic amines) is 1. The third-order valence-electron chi connectivity index (χ3n) is 5.36. The summed E-state index contributed by atoms with van der Waals surface area (Å²) in [5.74, 6) is 0.318. The molecule has 0 atom stereocenters. The summed E-state index contributed by atoms with van der Waals surface area (Å²) in [4.78, 5) is 29.3. The minimum atomic E-state index is -0.268. The molecule has 4 nitrogen and oxygen atoms in total. The van der Waals surface area contributed by atoms with Crippen LogP contribution >= 0.6 is 11.3 Å². The molecule has 2 fully saturated rings. The van der Waals surface area contributed by atoms with Crippen molar-refractivity contribution < 1.29 is 9.59 Å². The Balaban J connectivity index is 1.45. The Hall–Kier alpha value is -2.14. The number of carbonyl (C=O) groups is 2. The fourth-order valence-electron chi connectivity index (χ4n) is 3.84. The number of carbonyl (C=O) groups excluding carboxylic acids is 2. The van der Waals surface area contributed by atoms with Gasteiger partial charge >= 0.3 is 0 Å².